The Kier molecular flexibility index (Phi) is 4.80. The summed E-state index contributed by atoms with van der Waals surface area (Å²) < 4.78 is 0.324. The summed E-state index contributed by atoms with van der Waals surface area (Å²) in [5.41, 5.74) is 0.676. The Balaban J connectivity index is 4.90. The van der Waals surface area contributed by atoms with Gasteiger partial charge in [0, 0.05) is 4.75 Å². The second-order valence-corrected chi connectivity index (χ2v) is 8.68. The van der Waals surface area contributed by atoms with E-state index in [1.54, 1.807) is 0 Å². The summed E-state index contributed by atoms with van der Waals surface area (Å²) in [6.07, 6.45) is 0. The smallest absolute Gasteiger partial charge is 0.0228 e. The Morgan fingerprint density at radius 3 is 1.33 bits per heavy atom. The van der Waals surface area contributed by atoms with Crippen molar-refractivity contribution in [1.29, 1.82) is 0 Å². The molecule has 0 aliphatic heterocycles. The first kappa shape index (κ1) is 15.3. The lowest BCUT2D eigenvalue weighted by atomic mass is 9.67. The molecule has 0 rings (SSSR count). The maximum absolute atomic E-state index is 2.43. The maximum Gasteiger partial charge on any atom is 0.0228 e. The fraction of sp³-hybridized carbons (Fsp3) is 1.00. The Hall–Kier alpha value is 0.350. The van der Waals surface area contributed by atoms with Gasteiger partial charge in [0.25, 0.3) is 0 Å². The van der Waals surface area contributed by atoms with Crippen LogP contribution in [0.1, 0.15) is 62.3 Å². The van der Waals surface area contributed by atoms with E-state index in [-0.39, 0.29) is 0 Å². The molecule has 0 bridgehead atoms. The first-order chi connectivity index (χ1) is 6.42. The van der Waals surface area contributed by atoms with Crippen molar-refractivity contribution in [2.45, 2.75) is 67.1 Å². The van der Waals surface area contributed by atoms with Crippen molar-refractivity contribution in [2.24, 2.45) is 16.7 Å². The molecule has 0 aromatic carbocycles. The van der Waals surface area contributed by atoms with Crippen LogP contribution in [-0.2, 0) is 0 Å². The summed E-state index contributed by atoms with van der Waals surface area (Å²) in [5, 5.41) is 0. The molecular formula is C14H30S. The van der Waals surface area contributed by atoms with Crippen LogP contribution in [0, 0.1) is 16.7 Å². The highest BCUT2D eigenvalue weighted by Crippen LogP contribution is 2.53. The Morgan fingerprint density at radius 1 is 0.800 bits per heavy atom. The van der Waals surface area contributed by atoms with Gasteiger partial charge in [-0.15, -0.1) is 0 Å². The fourth-order valence-corrected chi connectivity index (χ4v) is 3.42. The molecule has 0 fully saturated rings. The van der Waals surface area contributed by atoms with Crippen LogP contribution in [-0.4, -0.2) is 10.5 Å². The molecule has 1 heteroatoms. The van der Waals surface area contributed by atoms with Crippen LogP contribution in [0.25, 0.3) is 0 Å². The van der Waals surface area contributed by atoms with E-state index in [0.29, 0.717) is 15.6 Å². The average molecular weight is 230 g/mol. The van der Waals surface area contributed by atoms with Gasteiger partial charge >= 0.3 is 0 Å². The number of hydrogen-bond acceptors (Lipinski definition) is 1. The van der Waals surface area contributed by atoms with E-state index < -0.39 is 0 Å². The van der Waals surface area contributed by atoms with E-state index in [1.165, 1.54) is 5.75 Å². The standard InChI is InChI=1S/C14H30S/c1-11(2)10-15-14(9,12(3,4)5)13(6,7)8/h11H,10H2,1-9H3. The summed E-state index contributed by atoms with van der Waals surface area (Å²) in [4.78, 5) is 0. The van der Waals surface area contributed by atoms with Crippen LogP contribution >= 0.6 is 11.8 Å². The molecule has 0 saturated carbocycles. The van der Waals surface area contributed by atoms with Crippen LogP contribution in [0.4, 0.5) is 0 Å². The van der Waals surface area contributed by atoms with Gasteiger partial charge in [0.1, 0.15) is 0 Å². The Bertz CT molecular complexity index is 176. The molecule has 92 valence electrons. The highest BCUT2D eigenvalue weighted by atomic mass is 32.2. The zero-order chi connectivity index (χ0) is 12.5. The van der Waals surface area contributed by atoms with Crippen molar-refractivity contribution in [2.75, 3.05) is 5.75 Å². The minimum absolute atomic E-state index is 0.324. The molecule has 0 radical (unpaired) electrons. The summed E-state index contributed by atoms with van der Waals surface area (Å²) >= 11 is 2.15. The molecule has 0 atom stereocenters. The molecule has 0 aromatic heterocycles. The van der Waals surface area contributed by atoms with Gasteiger partial charge in [-0.3, -0.25) is 0 Å². The summed E-state index contributed by atoms with van der Waals surface area (Å²) in [6.45, 7) is 21.2. The minimum Gasteiger partial charge on any atom is -0.154 e. The molecule has 0 saturated heterocycles. The predicted octanol–water partition coefficient (Wildman–Crippen LogP) is 5.23. The molecule has 0 nitrogen and oxygen atoms in total. The monoisotopic (exact) mass is 230 g/mol. The van der Waals surface area contributed by atoms with Crippen LogP contribution < -0.4 is 0 Å². The third-order valence-electron chi connectivity index (χ3n) is 3.57. The van der Waals surface area contributed by atoms with Gasteiger partial charge in [-0.25, -0.2) is 0 Å². The number of thioether (sulfide) groups is 1. The lowest BCUT2D eigenvalue weighted by Gasteiger charge is -2.51. The first-order valence-corrected chi connectivity index (χ1v) is 7.04. The van der Waals surface area contributed by atoms with Gasteiger partial charge in [0.05, 0.1) is 0 Å². The average Bonchev–Trinajstić information content (AvgIpc) is 1.95. The molecule has 0 amide bonds. The summed E-state index contributed by atoms with van der Waals surface area (Å²) in [5.74, 6) is 2.03. The third kappa shape index (κ3) is 3.69. The van der Waals surface area contributed by atoms with E-state index in [4.69, 9.17) is 0 Å². The number of hydrogen-bond donors (Lipinski definition) is 0. The Labute approximate surface area is 102 Å². The largest absolute Gasteiger partial charge is 0.154 e. The Morgan fingerprint density at radius 2 is 1.13 bits per heavy atom. The van der Waals surface area contributed by atoms with Crippen molar-refractivity contribution >= 4 is 11.8 Å². The highest BCUT2D eigenvalue weighted by molar-refractivity contribution is 8.00. The van der Waals surface area contributed by atoms with E-state index in [9.17, 15) is 0 Å². The van der Waals surface area contributed by atoms with E-state index in [2.05, 4.69) is 74.1 Å². The predicted molar refractivity (Wildman–Crippen MR) is 74.6 cm³/mol. The normalized spacial score (nSPS) is 14.8. The molecule has 0 aliphatic rings. The van der Waals surface area contributed by atoms with Gasteiger partial charge in [0.2, 0.25) is 0 Å². The zero-order valence-electron chi connectivity index (χ0n) is 12.2. The van der Waals surface area contributed by atoms with E-state index in [0.717, 1.165) is 5.92 Å². The van der Waals surface area contributed by atoms with Crippen molar-refractivity contribution in [3.8, 4) is 0 Å². The lowest BCUT2D eigenvalue weighted by Crippen LogP contribution is -2.48. The van der Waals surface area contributed by atoms with Gasteiger partial charge in [-0.2, -0.15) is 11.8 Å². The molecule has 0 aromatic rings. The summed E-state index contributed by atoms with van der Waals surface area (Å²) in [6, 6.07) is 0. The highest BCUT2D eigenvalue weighted by Gasteiger charge is 2.46. The molecule has 0 aliphatic carbocycles. The van der Waals surface area contributed by atoms with Gasteiger partial charge in [-0.05, 0) is 29.4 Å². The van der Waals surface area contributed by atoms with Gasteiger partial charge < -0.3 is 0 Å². The SMILES string of the molecule is CC(C)CSC(C)(C(C)(C)C)C(C)(C)C. The second kappa shape index (κ2) is 4.69. The zero-order valence-corrected chi connectivity index (χ0v) is 13.0. The fourth-order valence-electron chi connectivity index (χ4n) is 1.89. The summed E-state index contributed by atoms with van der Waals surface area (Å²) in [7, 11) is 0. The molecule has 0 heterocycles. The molecular weight excluding hydrogens is 200 g/mol. The molecule has 0 spiro atoms. The van der Waals surface area contributed by atoms with Crippen molar-refractivity contribution < 1.29 is 0 Å². The first-order valence-electron chi connectivity index (χ1n) is 6.06. The molecule has 0 N–H and O–H groups in total. The quantitative estimate of drug-likeness (QED) is 0.640. The van der Waals surface area contributed by atoms with Gasteiger partial charge in [0.15, 0.2) is 0 Å². The molecule has 15 heavy (non-hydrogen) atoms. The van der Waals surface area contributed by atoms with Crippen molar-refractivity contribution in [1.82, 2.24) is 0 Å². The topological polar surface area (TPSA) is 0 Å². The van der Waals surface area contributed by atoms with Crippen LogP contribution in [0.15, 0.2) is 0 Å². The maximum atomic E-state index is 2.43. The van der Waals surface area contributed by atoms with Crippen LogP contribution in [0.3, 0.4) is 0 Å². The van der Waals surface area contributed by atoms with Gasteiger partial charge in [-0.1, -0.05) is 55.4 Å². The lowest BCUT2D eigenvalue weighted by molar-refractivity contribution is 0.158. The second-order valence-electron chi connectivity index (χ2n) is 7.24. The van der Waals surface area contributed by atoms with Crippen molar-refractivity contribution in [3.63, 3.8) is 0 Å². The van der Waals surface area contributed by atoms with E-state index >= 15 is 0 Å². The van der Waals surface area contributed by atoms with Crippen molar-refractivity contribution in [3.05, 3.63) is 0 Å². The van der Waals surface area contributed by atoms with Crippen LogP contribution in [0.2, 0.25) is 0 Å². The third-order valence-corrected chi connectivity index (χ3v) is 6.20. The van der Waals surface area contributed by atoms with Crippen LogP contribution in [0.5, 0.6) is 0 Å². The molecule has 0 unspecified atom stereocenters. The minimum atomic E-state index is 0.324. The van der Waals surface area contributed by atoms with E-state index in [1.807, 2.05) is 0 Å². The number of rotatable bonds is 3.